The second-order valence-corrected chi connectivity index (χ2v) is 7.15. The van der Waals surface area contributed by atoms with Gasteiger partial charge in [-0.1, -0.05) is 50.3 Å². The average Bonchev–Trinajstić information content (AvgIpc) is 3.00. The van der Waals surface area contributed by atoms with Crippen molar-refractivity contribution in [2.75, 3.05) is 18.8 Å². The second-order valence-electron chi connectivity index (χ2n) is 7.15. The van der Waals surface area contributed by atoms with E-state index in [1.165, 1.54) is 5.56 Å². The van der Waals surface area contributed by atoms with Crippen LogP contribution in [0.15, 0.2) is 67.9 Å². The molecule has 1 aromatic carbocycles. The molecule has 2 N–H and O–H groups in total. The fourth-order valence-corrected chi connectivity index (χ4v) is 3.30. The summed E-state index contributed by atoms with van der Waals surface area (Å²) in [7, 11) is 0. The van der Waals surface area contributed by atoms with Crippen LogP contribution >= 0.6 is 0 Å². The molecule has 27 heavy (non-hydrogen) atoms. The maximum atomic E-state index is 6.05. The minimum absolute atomic E-state index is 0.509. The standard InChI is InChI=1S/C23H28N4/c1-5-13-26(14-6-2)16-21-23(19-9-7-18(8-10-19)17(3)4)25-22-12-11-20(24)15-27(21)22/h5-12,15,17H,1-2,13-14,16,24H2,3-4H3. The minimum Gasteiger partial charge on any atom is -0.398 e. The van der Waals surface area contributed by atoms with Crippen molar-refractivity contribution >= 4 is 11.3 Å². The first kappa shape index (κ1) is 18.9. The number of hydrogen-bond donors (Lipinski definition) is 1. The Morgan fingerprint density at radius 3 is 2.33 bits per heavy atom. The van der Waals surface area contributed by atoms with E-state index in [4.69, 9.17) is 10.7 Å². The van der Waals surface area contributed by atoms with Crippen molar-refractivity contribution in [3.8, 4) is 11.3 Å². The molecule has 140 valence electrons. The smallest absolute Gasteiger partial charge is 0.137 e. The number of rotatable bonds is 8. The summed E-state index contributed by atoms with van der Waals surface area (Å²) in [6, 6.07) is 12.6. The maximum absolute atomic E-state index is 6.05. The van der Waals surface area contributed by atoms with Crippen LogP contribution in [0.4, 0.5) is 5.69 Å². The zero-order chi connectivity index (χ0) is 19.4. The lowest BCUT2D eigenvalue weighted by Crippen LogP contribution is -2.24. The van der Waals surface area contributed by atoms with Crippen LogP contribution in [0.3, 0.4) is 0 Å². The molecule has 0 saturated carbocycles. The van der Waals surface area contributed by atoms with Gasteiger partial charge in [-0.25, -0.2) is 4.98 Å². The predicted octanol–water partition coefficient (Wildman–Crippen LogP) is 4.88. The van der Waals surface area contributed by atoms with Gasteiger partial charge in [-0.3, -0.25) is 4.90 Å². The van der Waals surface area contributed by atoms with E-state index < -0.39 is 0 Å². The van der Waals surface area contributed by atoms with Crippen LogP contribution in [0.25, 0.3) is 16.9 Å². The number of imidazole rings is 1. The Morgan fingerprint density at radius 1 is 1.07 bits per heavy atom. The fraction of sp³-hybridized carbons (Fsp3) is 0.261. The molecule has 0 unspecified atom stereocenters. The number of benzene rings is 1. The number of hydrogen-bond acceptors (Lipinski definition) is 3. The highest BCUT2D eigenvalue weighted by molar-refractivity contribution is 5.67. The first-order valence-corrected chi connectivity index (χ1v) is 9.34. The molecule has 0 amide bonds. The topological polar surface area (TPSA) is 46.6 Å². The third-order valence-corrected chi connectivity index (χ3v) is 4.74. The van der Waals surface area contributed by atoms with E-state index in [9.17, 15) is 0 Å². The number of fused-ring (bicyclic) bond motifs is 1. The Hall–Kier alpha value is -2.85. The number of pyridine rings is 1. The molecule has 3 aromatic rings. The summed E-state index contributed by atoms with van der Waals surface area (Å²) in [4.78, 5) is 7.18. The van der Waals surface area contributed by atoms with Gasteiger partial charge in [0.1, 0.15) is 5.65 Å². The number of nitrogens with zero attached hydrogens (tertiary/aromatic N) is 3. The van der Waals surface area contributed by atoms with Crippen LogP contribution in [0.5, 0.6) is 0 Å². The van der Waals surface area contributed by atoms with Crippen molar-refractivity contribution in [2.45, 2.75) is 26.3 Å². The molecule has 0 bridgehead atoms. The molecule has 2 aromatic heterocycles. The van der Waals surface area contributed by atoms with Crippen LogP contribution in [-0.2, 0) is 6.54 Å². The minimum atomic E-state index is 0.509. The van der Waals surface area contributed by atoms with Crippen molar-refractivity contribution < 1.29 is 0 Å². The first-order chi connectivity index (χ1) is 13.0. The molecule has 0 aliphatic heterocycles. The third-order valence-electron chi connectivity index (χ3n) is 4.74. The highest BCUT2D eigenvalue weighted by atomic mass is 15.1. The molecular formula is C23H28N4. The number of aromatic nitrogens is 2. The van der Waals surface area contributed by atoms with E-state index in [0.29, 0.717) is 5.92 Å². The van der Waals surface area contributed by atoms with Crippen LogP contribution in [-0.4, -0.2) is 27.4 Å². The van der Waals surface area contributed by atoms with Gasteiger partial charge < -0.3 is 10.1 Å². The molecule has 3 rings (SSSR count). The fourth-order valence-electron chi connectivity index (χ4n) is 3.30. The van der Waals surface area contributed by atoms with Crippen LogP contribution in [0.1, 0.15) is 31.0 Å². The van der Waals surface area contributed by atoms with Crippen molar-refractivity contribution in [3.63, 3.8) is 0 Å². The van der Waals surface area contributed by atoms with Crippen molar-refractivity contribution in [1.29, 1.82) is 0 Å². The Labute approximate surface area is 161 Å². The molecule has 0 aliphatic carbocycles. The summed E-state index contributed by atoms with van der Waals surface area (Å²) in [6.45, 7) is 14.5. The Bertz CT molecular complexity index is 925. The molecule has 0 fully saturated rings. The van der Waals surface area contributed by atoms with E-state index in [2.05, 4.69) is 60.6 Å². The molecular weight excluding hydrogens is 332 g/mol. The van der Waals surface area contributed by atoms with Gasteiger partial charge in [-0.15, -0.1) is 13.2 Å². The van der Waals surface area contributed by atoms with E-state index in [0.717, 1.165) is 47.9 Å². The zero-order valence-electron chi connectivity index (χ0n) is 16.2. The number of anilines is 1. The Kier molecular flexibility index (Phi) is 5.77. The van der Waals surface area contributed by atoms with Gasteiger partial charge in [0, 0.05) is 37.1 Å². The average molecular weight is 361 g/mol. The monoisotopic (exact) mass is 360 g/mol. The molecule has 0 radical (unpaired) electrons. The van der Waals surface area contributed by atoms with Gasteiger partial charge in [-0.05, 0) is 23.6 Å². The summed E-state index contributed by atoms with van der Waals surface area (Å²) in [5.41, 5.74) is 12.2. The van der Waals surface area contributed by atoms with Gasteiger partial charge in [0.25, 0.3) is 0 Å². The van der Waals surface area contributed by atoms with E-state index in [1.807, 2.05) is 30.5 Å². The third kappa shape index (κ3) is 4.12. The zero-order valence-corrected chi connectivity index (χ0v) is 16.2. The summed E-state index contributed by atoms with van der Waals surface area (Å²) >= 11 is 0. The lowest BCUT2D eigenvalue weighted by Gasteiger charge is -2.19. The summed E-state index contributed by atoms with van der Waals surface area (Å²) in [5, 5.41) is 0. The Morgan fingerprint density at radius 2 is 1.74 bits per heavy atom. The van der Waals surface area contributed by atoms with E-state index >= 15 is 0 Å². The van der Waals surface area contributed by atoms with Gasteiger partial charge in [-0.2, -0.15) is 0 Å². The summed E-state index contributed by atoms with van der Waals surface area (Å²) in [5.74, 6) is 0.509. The van der Waals surface area contributed by atoms with Gasteiger partial charge in [0.15, 0.2) is 0 Å². The first-order valence-electron chi connectivity index (χ1n) is 9.34. The van der Waals surface area contributed by atoms with Gasteiger partial charge >= 0.3 is 0 Å². The molecule has 2 heterocycles. The molecule has 0 atom stereocenters. The highest BCUT2D eigenvalue weighted by Gasteiger charge is 2.17. The van der Waals surface area contributed by atoms with Crippen molar-refractivity contribution in [3.05, 3.63) is 79.2 Å². The lowest BCUT2D eigenvalue weighted by molar-refractivity contribution is 0.323. The van der Waals surface area contributed by atoms with Gasteiger partial charge in [0.05, 0.1) is 11.4 Å². The molecule has 0 spiro atoms. The normalized spacial score (nSPS) is 11.4. The molecule has 4 nitrogen and oxygen atoms in total. The van der Waals surface area contributed by atoms with Crippen molar-refractivity contribution in [2.24, 2.45) is 0 Å². The van der Waals surface area contributed by atoms with Gasteiger partial charge in [0.2, 0.25) is 0 Å². The predicted molar refractivity (Wildman–Crippen MR) is 115 cm³/mol. The van der Waals surface area contributed by atoms with E-state index in [1.54, 1.807) is 0 Å². The van der Waals surface area contributed by atoms with Crippen LogP contribution in [0, 0.1) is 0 Å². The van der Waals surface area contributed by atoms with Crippen LogP contribution < -0.4 is 5.73 Å². The highest BCUT2D eigenvalue weighted by Crippen LogP contribution is 2.28. The summed E-state index contributed by atoms with van der Waals surface area (Å²) in [6.07, 6.45) is 5.78. The lowest BCUT2D eigenvalue weighted by atomic mass is 10.0. The summed E-state index contributed by atoms with van der Waals surface area (Å²) < 4.78 is 2.10. The number of nitrogen functional groups attached to an aromatic ring is 1. The quantitative estimate of drug-likeness (QED) is 0.582. The molecule has 0 aliphatic rings. The molecule has 0 saturated heterocycles. The number of nitrogens with two attached hydrogens (primary N) is 1. The maximum Gasteiger partial charge on any atom is 0.137 e. The Balaban J connectivity index is 2.10. The second kappa shape index (κ2) is 8.23. The van der Waals surface area contributed by atoms with Crippen molar-refractivity contribution in [1.82, 2.24) is 14.3 Å². The largest absolute Gasteiger partial charge is 0.398 e. The SMILES string of the molecule is C=CCN(CC=C)Cc1c(-c2ccc(C(C)C)cc2)nc2ccc(N)cn12. The van der Waals surface area contributed by atoms with Crippen LogP contribution in [0.2, 0.25) is 0 Å². The molecule has 4 heteroatoms. The van der Waals surface area contributed by atoms with E-state index in [-0.39, 0.29) is 0 Å².